The number of aryl methyl sites for hydroxylation is 1. The summed E-state index contributed by atoms with van der Waals surface area (Å²) in [7, 11) is 0. The molecule has 1 atom stereocenters. The molecule has 0 aromatic carbocycles. The Labute approximate surface area is 151 Å². The third kappa shape index (κ3) is 4.59. The van der Waals surface area contributed by atoms with Gasteiger partial charge in [0.05, 0.1) is 13.2 Å². The Balaban J connectivity index is 1.54. The fourth-order valence-corrected chi connectivity index (χ4v) is 4.05. The van der Waals surface area contributed by atoms with Crippen LogP contribution >= 0.6 is 0 Å². The zero-order chi connectivity index (χ0) is 17.6. The van der Waals surface area contributed by atoms with Gasteiger partial charge in [-0.15, -0.1) is 0 Å². The number of aromatic nitrogens is 1. The number of pyridine rings is 1. The Bertz CT molecular complexity index is 564. The molecular weight excluding hydrogens is 314 g/mol. The number of carbonyl (C=O) groups is 1. The number of morpholine rings is 1. The van der Waals surface area contributed by atoms with Gasteiger partial charge in [0.25, 0.3) is 5.91 Å². The van der Waals surface area contributed by atoms with Gasteiger partial charge in [-0.3, -0.25) is 14.7 Å². The van der Waals surface area contributed by atoms with Crippen LogP contribution in [0.3, 0.4) is 0 Å². The van der Waals surface area contributed by atoms with Crippen LogP contribution in [-0.4, -0.2) is 66.1 Å². The molecule has 25 heavy (non-hydrogen) atoms. The molecule has 3 rings (SSSR count). The van der Waals surface area contributed by atoms with Gasteiger partial charge < -0.3 is 9.64 Å². The van der Waals surface area contributed by atoms with Crippen molar-refractivity contribution in [2.75, 3.05) is 39.4 Å². The molecule has 5 nitrogen and oxygen atoms in total. The van der Waals surface area contributed by atoms with Crippen molar-refractivity contribution in [3.8, 4) is 0 Å². The highest BCUT2D eigenvalue weighted by atomic mass is 16.5. The molecule has 0 radical (unpaired) electrons. The van der Waals surface area contributed by atoms with Crippen LogP contribution in [0.5, 0.6) is 0 Å². The van der Waals surface area contributed by atoms with Crippen LogP contribution in [0.1, 0.15) is 49.2 Å². The highest BCUT2D eigenvalue weighted by Gasteiger charge is 2.30. The van der Waals surface area contributed by atoms with Crippen LogP contribution in [0, 0.1) is 5.92 Å². The predicted octanol–water partition coefficient (Wildman–Crippen LogP) is 2.61. The summed E-state index contributed by atoms with van der Waals surface area (Å²) >= 11 is 0. The van der Waals surface area contributed by atoms with E-state index in [0.29, 0.717) is 12.0 Å². The summed E-state index contributed by atoms with van der Waals surface area (Å²) in [6.45, 7) is 9.99. The van der Waals surface area contributed by atoms with Gasteiger partial charge in [-0.25, -0.2) is 0 Å². The molecule has 138 valence electrons. The summed E-state index contributed by atoms with van der Waals surface area (Å²) in [4.78, 5) is 21.7. The molecule has 0 bridgehead atoms. The molecule has 5 heteroatoms. The van der Waals surface area contributed by atoms with Crippen molar-refractivity contribution < 1.29 is 9.53 Å². The maximum atomic E-state index is 12.8. The standard InChI is InChI=1S/C20H31N3O2/c1-3-4-19-15-18(5-8-21-19)20(24)23-9-6-17(7-10-23)16(2)22-11-13-25-14-12-22/h5,8,15-17H,3-4,6-7,9-14H2,1-2H3/t16-/m0/s1. The molecule has 1 aromatic heterocycles. The highest BCUT2D eigenvalue weighted by Crippen LogP contribution is 2.25. The van der Waals surface area contributed by atoms with E-state index in [4.69, 9.17) is 4.74 Å². The van der Waals surface area contributed by atoms with Crippen molar-refractivity contribution in [3.05, 3.63) is 29.6 Å². The largest absolute Gasteiger partial charge is 0.379 e. The van der Waals surface area contributed by atoms with Gasteiger partial charge >= 0.3 is 0 Å². The smallest absolute Gasteiger partial charge is 0.253 e. The van der Waals surface area contributed by atoms with Crippen LogP contribution in [0.15, 0.2) is 18.3 Å². The topological polar surface area (TPSA) is 45.7 Å². The number of carbonyl (C=O) groups excluding carboxylic acids is 1. The molecule has 1 aromatic rings. The fraction of sp³-hybridized carbons (Fsp3) is 0.700. The number of hydrogen-bond donors (Lipinski definition) is 0. The molecule has 2 aliphatic heterocycles. The van der Waals surface area contributed by atoms with Crippen molar-refractivity contribution in [3.63, 3.8) is 0 Å². The maximum Gasteiger partial charge on any atom is 0.253 e. The monoisotopic (exact) mass is 345 g/mol. The first-order chi connectivity index (χ1) is 12.2. The predicted molar refractivity (Wildman–Crippen MR) is 98.7 cm³/mol. The molecule has 0 N–H and O–H groups in total. The van der Waals surface area contributed by atoms with E-state index in [-0.39, 0.29) is 5.91 Å². The molecule has 0 aliphatic carbocycles. The van der Waals surface area contributed by atoms with E-state index in [2.05, 4.69) is 23.7 Å². The summed E-state index contributed by atoms with van der Waals surface area (Å²) in [6.07, 6.45) is 5.94. The second-order valence-electron chi connectivity index (χ2n) is 7.30. The lowest BCUT2D eigenvalue weighted by molar-refractivity contribution is -0.000952. The van der Waals surface area contributed by atoms with Crippen molar-refractivity contribution in [1.82, 2.24) is 14.8 Å². The van der Waals surface area contributed by atoms with E-state index in [1.54, 1.807) is 6.20 Å². The molecule has 0 unspecified atom stereocenters. The van der Waals surface area contributed by atoms with Crippen LogP contribution < -0.4 is 0 Å². The Hall–Kier alpha value is -1.46. The molecule has 2 fully saturated rings. The third-order valence-electron chi connectivity index (χ3n) is 5.70. The first-order valence-electron chi connectivity index (χ1n) is 9.75. The van der Waals surface area contributed by atoms with Crippen molar-refractivity contribution in [2.24, 2.45) is 5.92 Å². The van der Waals surface area contributed by atoms with Gasteiger partial charge in [0.1, 0.15) is 0 Å². The SMILES string of the molecule is CCCc1cc(C(=O)N2CCC([C@H](C)N3CCOCC3)CC2)ccn1. The Morgan fingerprint density at radius 1 is 1.28 bits per heavy atom. The number of likely N-dealkylation sites (tertiary alicyclic amines) is 1. The van der Waals surface area contributed by atoms with E-state index in [1.807, 2.05) is 17.0 Å². The van der Waals surface area contributed by atoms with Gasteiger partial charge in [-0.1, -0.05) is 13.3 Å². The van der Waals surface area contributed by atoms with E-state index in [0.717, 1.165) is 76.3 Å². The molecule has 2 saturated heterocycles. The molecule has 2 aliphatic rings. The van der Waals surface area contributed by atoms with Crippen LogP contribution in [-0.2, 0) is 11.2 Å². The summed E-state index contributed by atoms with van der Waals surface area (Å²) < 4.78 is 5.46. The zero-order valence-corrected chi connectivity index (χ0v) is 15.6. The minimum atomic E-state index is 0.164. The molecule has 0 saturated carbocycles. The number of nitrogens with zero attached hydrogens (tertiary/aromatic N) is 3. The lowest BCUT2D eigenvalue weighted by Gasteiger charge is -2.41. The summed E-state index contributed by atoms with van der Waals surface area (Å²) in [5.74, 6) is 0.840. The number of rotatable bonds is 5. The second-order valence-corrected chi connectivity index (χ2v) is 7.30. The number of hydrogen-bond acceptors (Lipinski definition) is 4. The molecule has 0 spiro atoms. The summed E-state index contributed by atoms with van der Waals surface area (Å²) in [5.41, 5.74) is 1.81. The lowest BCUT2D eigenvalue weighted by Crippen LogP contribution is -2.49. The third-order valence-corrected chi connectivity index (χ3v) is 5.70. The minimum Gasteiger partial charge on any atom is -0.379 e. The first-order valence-corrected chi connectivity index (χ1v) is 9.75. The quantitative estimate of drug-likeness (QED) is 0.823. The number of amides is 1. The maximum absolute atomic E-state index is 12.8. The van der Waals surface area contributed by atoms with Gasteiger partial charge in [-0.05, 0) is 44.2 Å². The van der Waals surface area contributed by atoms with Crippen LogP contribution in [0.4, 0.5) is 0 Å². The second kappa shape index (κ2) is 8.77. The zero-order valence-electron chi connectivity index (χ0n) is 15.6. The lowest BCUT2D eigenvalue weighted by atomic mass is 9.89. The van der Waals surface area contributed by atoms with Crippen molar-refractivity contribution >= 4 is 5.91 Å². The summed E-state index contributed by atoms with van der Waals surface area (Å²) in [5, 5.41) is 0. The average Bonchev–Trinajstić information content (AvgIpc) is 2.68. The molecular formula is C20H31N3O2. The minimum absolute atomic E-state index is 0.164. The van der Waals surface area contributed by atoms with E-state index < -0.39 is 0 Å². The van der Waals surface area contributed by atoms with E-state index >= 15 is 0 Å². The van der Waals surface area contributed by atoms with E-state index in [1.165, 1.54) is 0 Å². The van der Waals surface area contributed by atoms with Gasteiger partial charge in [0.15, 0.2) is 0 Å². The van der Waals surface area contributed by atoms with Crippen molar-refractivity contribution in [1.29, 1.82) is 0 Å². The molecule has 3 heterocycles. The van der Waals surface area contributed by atoms with Crippen molar-refractivity contribution in [2.45, 2.75) is 45.6 Å². The average molecular weight is 345 g/mol. The highest BCUT2D eigenvalue weighted by molar-refractivity contribution is 5.94. The van der Waals surface area contributed by atoms with Gasteiger partial charge in [0, 0.05) is 49.7 Å². The Kier molecular flexibility index (Phi) is 6.43. The summed E-state index contributed by atoms with van der Waals surface area (Å²) in [6, 6.07) is 4.40. The number of ether oxygens (including phenoxy) is 1. The Morgan fingerprint density at radius 3 is 2.68 bits per heavy atom. The molecule has 1 amide bonds. The fourth-order valence-electron chi connectivity index (χ4n) is 4.05. The van der Waals surface area contributed by atoms with Crippen LogP contribution in [0.2, 0.25) is 0 Å². The number of piperidine rings is 1. The Morgan fingerprint density at radius 2 is 2.00 bits per heavy atom. The van der Waals surface area contributed by atoms with E-state index in [9.17, 15) is 4.79 Å². The van der Waals surface area contributed by atoms with Crippen LogP contribution in [0.25, 0.3) is 0 Å². The van der Waals surface area contributed by atoms with Gasteiger partial charge in [0.2, 0.25) is 0 Å². The van der Waals surface area contributed by atoms with Gasteiger partial charge in [-0.2, -0.15) is 0 Å². The normalized spacial score (nSPS) is 21.3. The first kappa shape index (κ1) is 18.3.